The fraction of sp³-hybridized carbons (Fsp3) is 0.634. The molecule has 1 aromatic carbocycles. The molecule has 0 fully saturated rings. The van der Waals surface area contributed by atoms with E-state index in [1.54, 1.807) is 37.3 Å². The molecule has 0 unspecified atom stereocenters. The average Bonchev–Trinajstić information content (AvgIpc) is 3.14. The van der Waals surface area contributed by atoms with Gasteiger partial charge in [-0.15, -0.1) is 5.92 Å². The molecule has 0 saturated heterocycles. The van der Waals surface area contributed by atoms with E-state index in [9.17, 15) is 34.2 Å². The minimum absolute atomic E-state index is 0.0427. The van der Waals surface area contributed by atoms with Gasteiger partial charge < -0.3 is 39.2 Å². The molecule has 0 aliphatic rings. The molecule has 0 bridgehead atoms. The van der Waals surface area contributed by atoms with Crippen molar-refractivity contribution in [3.05, 3.63) is 42.0 Å². The summed E-state index contributed by atoms with van der Waals surface area (Å²) >= 11 is 0. The van der Waals surface area contributed by atoms with Gasteiger partial charge in [0, 0.05) is 33.5 Å². The summed E-state index contributed by atoms with van der Waals surface area (Å²) in [5, 5.41) is 24.2. The van der Waals surface area contributed by atoms with E-state index >= 15 is 0 Å². The van der Waals surface area contributed by atoms with E-state index in [0.717, 1.165) is 44.9 Å². The summed E-state index contributed by atoms with van der Waals surface area (Å²) in [5.41, 5.74) is -2.30. The van der Waals surface area contributed by atoms with Crippen molar-refractivity contribution in [3.63, 3.8) is 0 Å². The van der Waals surface area contributed by atoms with Gasteiger partial charge in [0.05, 0.1) is 25.6 Å². The zero-order valence-electron chi connectivity index (χ0n) is 32.5. The molecule has 0 heterocycles. The number of carbonyl (C=O) groups is 5. The summed E-state index contributed by atoms with van der Waals surface area (Å²) < 4.78 is 25.7. The van der Waals surface area contributed by atoms with Crippen molar-refractivity contribution in [2.45, 2.75) is 115 Å². The zero-order chi connectivity index (χ0) is 40.0. The van der Waals surface area contributed by atoms with Crippen LogP contribution in [0.4, 0.5) is 0 Å². The molecule has 3 atom stereocenters. The maximum absolute atomic E-state index is 13.9. The Morgan fingerprint density at radius 3 is 2.06 bits per heavy atom. The SMILES string of the molecule is CC#CCOc1ccc(C[C@H](NC(=O)[C@@H](/C=C/CCCCCCC(=O)CCCCCCC)[C@@](O)(CC(=O)OCCOC)C(=O)O)C(=O)OCCOC)cc1. The molecule has 13 nitrogen and oxygen atoms in total. The third kappa shape index (κ3) is 20.3. The van der Waals surface area contributed by atoms with Crippen LogP contribution >= 0.6 is 0 Å². The number of ketones is 1. The van der Waals surface area contributed by atoms with Crippen molar-refractivity contribution in [1.29, 1.82) is 0 Å². The molecule has 13 heteroatoms. The highest BCUT2D eigenvalue weighted by Crippen LogP contribution is 2.26. The predicted octanol–water partition coefficient (Wildman–Crippen LogP) is 5.14. The molecule has 0 aliphatic heterocycles. The third-order valence-electron chi connectivity index (χ3n) is 8.58. The van der Waals surface area contributed by atoms with Gasteiger partial charge in [0.1, 0.15) is 37.4 Å². The van der Waals surface area contributed by atoms with Gasteiger partial charge in [-0.1, -0.05) is 75.7 Å². The van der Waals surface area contributed by atoms with Gasteiger partial charge in [0.15, 0.2) is 5.60 Å². The number of hydrogen-bond donors (Lipinski definition) is 3. The number of allylic oxidation sites excluding steroid dienone is 1. The molecule has 3 N–H and O–H groups in total. The van der Waals surface area contributed by atoms with Gasteiger partial charge in [0.25, 0.3) is 0 Å². The van der Waals surface area contributed by atoms with Crippen LogP contribution in [0.2, 0.25) is 0 Å². The number of Topliss-reactive ketones (excluding diaryl/α,β-unsaturated/α-hetero) is 1. The van der Waals surface area contributed by atoms with E-state index in [4.69, 9.17) is 23.7 Å². The number of ether oxygens (including phenoxy) is 5. The quantitative estimate of drug-likeness (QED) is 0.0393. The molecule has 302 valence electrons. The molecule has 1 amide bonds. The summed E-state index contributed by atoms with van der Waals surface area (Å²) in [6.07, 6.45) is 11.9. The lowest BCUT2D eigenvalue weighted by Crippen LogP contribution is -2.55. The second kappa shape index (κ2) is 29.2. The number of methoxy groups -OCH3 is 2. The summed E-state index contributed by atoms with van der Waals surface area (Å²) in [5.74, 6) is -0.151. The number of nitrogens with one attached hydrogen (secondary N) is 1. The van der Waals surface area contributed by atoms with Gasteiger partial charge in [-0.3, -0.25) is 14.4 Å². The number of aliphatic carboxylic acids is 1. The Hall–Kier alpha value is -4.25. The Kier molecular flexibility index (Phi) is 25.8. The van der Waals surface area contributed by atoms with Gasteiger partial charge in [0.2, 0.25) is 5.91 Å². The number of aliphatic hydroxyl groups is 1. The number of benzene rings is 1. The van der Waals surface area contributed by atoms with Gasteiger partial charge >= 0.3 is 17.9 Å². The third-order valence-corrected chi connectivity index (χ3v) is 8.58. The molecule has 0 saturated carbocycles. The number of rotatable bonds is 31. The Morgan fingerprint density at radius 1 is 0.852 bits per heavy atom. The minimum atomic E-state index is -2.92. The van der Waals surface area contributed by atoms with Crippen LogP contribution < -0.4 is 10.1 Å². The van der Waals surface area contributed by atoms with E-state index in [1.807, 2.05) is 0 Å². The Morgan fingerprint density at radius 2 is 1.46 bits per heavy atom. The first-order chi connectivity index (χ1) is 26.0. The van der Waals surface area contributed by atoms with Crippen LogP contribution in [0, 0.1) is 17.8 Å². The molecular weight excluding hydrogens is 698 g/mol. The van der Waals surface area contributed by atoms with Crippen molar-refractivity contribution in [1.82, 2.24) is 5.32 Å². The number of unbranched alkanes of at least 4 members (excludes halogenated alkanes) is 8. The molecule has 0 radical (unpaired) electrons. The molecule has 0 spiro atoms. The first-order valence-corrected chi connectivity index (χ1v) is 18.9. The number of carboxylic acids is 1. The lowest BCUT2D eigenvalue weighted by Gasteiger charge is -2.30. The summed E-state index contributed by atoms with van der Waals surface area (Å²) in [6, 6.07) is 5.45. The first kappa shape index (κ1) is 47.8. The number of carbonyl (C=O) groups excluding carboxylic acids is 4. The predicted molar refractivity (Wildman–Crippen MR) is 203 cm³/mol. The molecule has 1 aromatic rings. The molecule has 0 aliphatic carbocycles. The van der Waals surface area contributed by atoms with E-state index in [-0.39, 0.29) is 45.2 Å². The van der Waals surface area contributed by atoms with Gasteiger partial charge in [-0.2, -0.15) is 0 Å². The van der Waals surface area contributed by atoms with Crippen molar-refractivity contribution in [3.8, 4) is 17.6 Å². The van der Waals surface area contributed by atoms with Crippen LogP contribution in [-0.2, 0) is 49.3 Å². The van der Waals surface area contributed by atoms with Crippen LogP contribution in [0.3, 0.4) is 0 Å². The van der Waals surface area contributed by atoms with E-state index in [1.165, 1.54) is 26.7 Å². The highest BCUT2D eigenvalue weighted by Gasteiger charge is 2.49. The lowest BCUT2D eigenvalue weighted by molar-refractivity contribution is -0.174. The number of amides is 1. The highest BCUT2D eigenvalue weighted by atomic mass is 16.6. The van der Waals surface area contributed by atoms with Crippen LogP contribution in [-0.4, -0.2) is 98.7 Å². The van der Waals surface area contributed by atoms with E-state index in [2.05, 4.69) is 24.1 Å². The maximum Gasteiger partial charge on any atom is 0.337 e. The van der Waals surface area contributed by atoms with Crippen LogP contribution in [0.25, 0.3) is 0 Å². The maximum atomic E-state index is 13.9. The monoisotopic (exact) mass is 759 g/mol. The fourth-order valence-corrected chi connectivity index (χ4v) is 5.44. The second-order valence-electron chi connectivity index (χ2n) is 13.0. The Labute approximate surface area is 320 Å². The number of carboxylic acid groups (broad SMARTS) is 1. The topological polar surface area (TPSA) is 184 Å². The van der Waals surface area contributed by atoms with Crippen molar-refractivity contribution in [2.75, 3.05) is 47.3 Å². The average molecular weight is 760 g/mol. The number of esters is 2. The summed E-state index contributed by atoms with van der Waals surface area (Å²) in [4.78, 5) is 64.5. The van der Waals surface area contributed by atoms with Gasteiger partial charge in [-0.05, 0) is 50.3 Å². The van der Waals surface area contributed by atoms with Crippen LogP contribution in [0.1, 0.15) is 103 Å². The first-order valence-electron chi connectivity index (χ1n) is 18.9. The van der Waals surface area contributed by atoms with Crippen molar-refractivity contribution in [2.24, 2.45) is 5.92 Å². The van der Waals surface area contributed by atoms with Crippen molar-refractivity contribution < 1.29 is 57.9 Å². The molecular formula is C41H61NO12. The second-order valence-corrected chi connectivity index (χ2v) is 13.0. The lowest BCUT2D eigenvalue weighted by atomic mass is 9.82. The largest absolute Gasteiger partial charge is 0.481 e. The van der Waals surface area contributed by atoms with E-state index in [0.29, 0.717) is 37.0 Å². The smallest absolute Gasteiger partial charge is 0.337 e. The van der Waals surface area contributed by atoms with Gasteiger partial charge in [-0.25, -0.2) is 9.59 Å². The van der Waals surface area contributed by atoms with Crippen molar-refractivity contribution >= 4 is 29.6 Å². The standard InChI is InChI=1S/C41H61NO12/c1-5-7-9-12-15-18-33(43)19-16-13-10-11-14-17-20-35(41(49,40(47)48)31-37(44)53-28-26-50-3)38(45)42-36(39(46)54-29-27-51-4)30-32-21-23-34(24-22-32)52-25-8-6-2/h17,20-24,35-36,49H,5,7,9-16,18-19,25-31H2,1-4H3,(H,42,45)(H,47,48)/b20-17+/t35-,36+,41+/m1/s1. The highest BCUT2D eigenvalue weighted by molar-refractivity contribution is 5.95. The summed E-state index contributed by atoms with van der Waals surface area (Å²) in [6.45, 7) is 3.91. The molecule has 54 heavy (non-hydrogen) atoms. The minimum Gasteiger partial charge on any atom is -0.481 e. The Balaban J connectivity index is 3.13. The zero-order valence-corrected chi connectivity index (χ0v) is 32.5. The molecule has 1 rings (SSSR count). The Bertz CT molecular complexity index is 1350. The summed E-state index contributed by atoms with van der Waals surface area (Å²) in [7, 11) is 2.83. The van der Waals surface area contributed by atoms with Crippen LogP contribution in [0.15, 0.2) is 36.4 Å². The molecule has 0 aromatic heterocycles. The van der Waals surface area contributed by atoms with Crippen LogP contribution in [0.5, 0.6) is 5.75 Å². The normalized spacial score (nSPS) is 13.2. The fourth-order valence-electron chi connectivity index (χ4n) is 5.44. The van der Waals surface area contributed by atoms with E-state index < -0.39 is 47.8 Å². The number of hydrogen-bond acceptors (Lipinski definition) is 11.